The predicted octanol–water partition coefficient (Wildman–Crippen LogP) is 4.01. The number of ether oxygens (including phenoxy) is 1. The molecule has 0 aliphatic heterocycles. The van der Waals surface area contributed by atoms with Crippen molar-refractivity contribution in [2.45, 2.75) is 19.9 Å². The van der Waals surface area contributed by atoms with E-state index in [1.807, 2.05) is 12.1 Å². The summed E-state index contributed by atoms with van der Waals surface area (Å²) in [6.45, 7) is 2.94. The minimum Gasteiger partial charge on any atom is -0.452 e. The first-order chi connectivity index (χ1) is 13.8. The molecule has 9 heteroatoms. The minimum absolute atomic E-state index is 0.127. The van der Waals surface area contributed by atoms with Crippen LogP contribution in [0.4, 0.5) is 4.79 Å². The zero-order chi connectivity index (χ0) is 21.0. The Kier molecular flexibility index (Phi) is 6.46. The molecule has 0 radical (unpaired) electrons. The number of pyridine rings is 1. The third-order valence-corrected chi connectivity index (χ3v) is 5.02. The fourth-order valence-corrected chi connectivity index (χ4v) is 3.60. The lowest BCUT2D eigenvalue weighted by atomic mass is 10.1. The van der Waals surface area contributed by atoms with E-state index in [-0.39, 0.29) is 11.6 Å². The van der Waals surface area contributed by atoms with Gasteiger partial charge in [-0.05, 0) is 38.1 Å². The van der Waals surface area contributed by atoms with Crippen molar-refractivity contribution < 1.29 is 19.1 Å². The van der Waals surface area contributed by atoms with Crippen LogP contribution in [0.2, 0.25) is 4.34 Å². The van der Waals surface area contributed by atoms with Gasteiger partial charge in [-0.2, -0.15) is 0 Å². The third kappa shape index (κ3) is 5.30. The fourth-order valence-electron chi connectivity index (χ4n) is 2.59. The standard InChI is InChI=1S/C20H18ClN3O4S/c1-11(2)22-20(27)24-18(25)10-28-19(26)13-9-15(16-7-8-17(21)29-16)23-14-6-4-3-5-12(13)14/h3-9,11H,10H2,1-2H3,(H2,22,24,25,27). The Balaban J connectivity index is 1.80. The maximum absolute atomic E-state index is 12.7. The van der Waals surface area contributed by atoms with Crippen molar-refractivity contribution in [3.8, 4) is 10.6 Å². The van der Waals surface area contributed by atoms with Gasteiger partial charge < -0.3 is 10.1 Å². The van der Waals surface area contributed by atoms with Gasteiger partial charge >= 0.3 is 12.0 Å². The van der Waals surface area contributed by atoms with Crippen LogP contribution in [-0.2, 0) is 9.53 Å². The van der Waals surface area contributed by atoms with Crippen molar-refractivity contribution in [1.82, 2.24) is 15.6 Å². The van der Waals surface area contributed by atoms with Crippen LogP contribution in [0.25, 0.3) is 21.5 Å². The second-order valence-corrected chi connectivity index (χ2v) is 8.14. The molecule has 0 aliphatic rings. The quantitative estimate of drug-likeness (QED) is 0.595. The number of halogens is 1. The molecule has 0 atom stereocenters. The summed E-state index contributed by atoms with van der Waals surface area (Å²) in [5.74, 6) is -1.41. The molecule has 0 saturated carbocycles. The van der Waals surface area contributed by atoms with E-state index >= 15 is 0 Å². The highest BCUT2D eigenvalue weighted by atomic mass is 35.5. The molecule has 3 amide bonds. The topological polar surface area (TPSA) is 97.4 Å². The van der Waals surface area contributed by atoms with Gasteiger partial charge in [0.1, 0.15) is 0 Å². The average Bonchev–Trinajstić information content (AvgIpc) is 3.11. The highest BCUT2D eigenvalue weighted by molar-refractivity contribution is 7.19. The lowest BCUT2D eigenvalue weighted by molar-refractivity contribution is -0.123. The van der Waals surface area contributed by atoms with Crippen LogP contribution >= 0.6 is 22.9 Å². The van der Waals surface area contributed by atoms with Crippen LogP contribution in [-0.4, -0.2) is 35.5 Å². The largest absolute Gasteiger partial charge is 0.452 e. The number of rotatable bonds is 5. The number of aromatic nitrogens is 1. The zero-order valence-corrected chi connectivity index (χ0v) is 17.3. The van der Waals surface area contributed by atoms with Crippen molar-refractivity contribution in [2.24, 2.45) is 0 Å². The van der Waals surface area contributed by atoms with Gasteiger partial charge in [0.25, 0.3) is 5.91 Å². The molecule has 0 saturated heterocycles. The Labute approximate surface area is 176 Å². The number of imide groups is 1. The van der Waals surface area contributed by atoms with Gasteiger partial charge in [-0.1, -0.05) is 29.8 Å². The van der Waals surface area contributed by atoms with Crippen molar-refractivity contribution in [3.63, 3.8) is 0 Å². The number of amides is 3. The normalized spacial score (nSPS) is 10.8. The summed E-state index contributed by atoms with van der Waals surface area (Å²) in [4.78, 5) is 41.4. The number of fused-ring (bicyclic) bond motifs is 1. The van der Waals surface area contributed by atoms with Crippen LogP contribution in [0.3, 0.4) is 0 Å². The molecule has 7 nitrogen and oxygen atoms in total. The number of para-hydroxylation sites is 1. The number of carbonyl (C=O) groups excluding carboxylic acids is 3. The fraction of sp³-hybridized carbons (Fsp3) is 0.200. The average molecular weight is 432 g/mol. The molecule has 3 aromatic rings. The molecular formula is C20H18ClN3O4S. The molecule has 2 heterocycles. The van der Waals surface area contributed by atoms with E-state index in [1.165, 1.54) is 11.3 Å². The lowest BCUT2D eigenvalue weighted by Crippen LogP contribution is -2.44. The third-order valence-electron chi connectivity index (χ3n) is 3.77. The Morgan fingerprint density at radius 3 is 2.62 bits per heavy atom. The number of nitrogens with one attached hydrogen (secondary N) is 2. The lowest BCUT2D eigenvalue weighted by Gasteiger charge is -2.11. The first-order valence-corrected chi connectivity index (χ1v) is 9.96. The van der Waals surface area contributed by atoms with Crippen LogP contribution < -0.4 is 10.6 Å². The predicted molar refractivity (Wildman–Crippen MR) is 112 cm³/mol. The maximum atomic E-state index is 12.7. The van der Waals surface area contributed by atoms with E-state index in [9.17, 15) is 14.4 Å². The SMILES string of the molecule is CC(C)NC(=O)NC(=O)COC(=O)c1cc(-c2ccc(Cl)s2)nc2ccccc12. The number of nitrogens with zero attached hydrogens (tertiary/aromatic N) is 1. The van der Waals surface area contributed by atoms with E-state index in [0.717, 1.165) is 4.88 Å². The summed E-state index contributed by atoms with van der Waals surface area (Å²) in [6.07, 6.45) is 0. The second kappa shape index (κ2) is 9.02. The van der Waals surface area contributed by atoms with Gasteiger partial charge in [-0.15, -0.1) is 11.3 Å². The van der Waals surface area contributed by atoms with E-state index in [0.29, 0.717) is 20.9 Å². The Morgan fingerprint density at radius 2 is 1.93 bits per heavy atom. The molecule has 0 spiro atoms. The Hall–Kier alpha value is -2.97. The summed E-state index contributed by atoms with van der Waals surface area (Å²) < 4.78 is 5.73. The first-order valence-electron chi connectivity index (χ1n) is 8.76. The van der Waals surface area contributed by atoms with Gasteiger partial charge in [-0.3, -0.25) is 10.1 Å². The van der Waals surface area contributed by atoms with Gasteiger partial charge in [-0.25, -0.2) is 14.6 Å². The van der Waals surface area contributed by atoms with E-state index in [4.69, 9.17) is 16.3 Å². The number of urea groups is 1. The summed E-state index contributed by atoms with van der Waals surface area (Å²) in [5, 5.41) is 5.22. The molecule has 29 heavy (non-hydrogen) atoms. The molecule has 0 unspecified atom stereocenters. The number of hydrogen-bond acceptors (Lipinski definition) is 6. The molecule has 2 aromatic heterocycles. The van der Waals surface area contributed by atoms with Gasteiger partial charge in [0, 0.05) is 11.4 Å². The Morgan fingerprint density at radius 1 is 1.17 bits per heavy atom. The molecule has 0 fully saturated rings. The van der Waals surface area contributed by atoms with Crippen LogP contribution in [0.1, 0.15) is 24.2 Å². The smallest absolute Gasteiger partial charge is 0.339 e. The summed E-state index contributed by atoms with van der Waals surface area (Å²) in [5.41, 5.74) is 1.46. The highest BCUT2D eigenvalue weighted by Gasteiger charge is 2.18. The zero-order valence-electron chi connectivity index (χ0n) is 15.7. The van der Waals surface area contributed by atoms with Crippen LogP contribution in [0.15, 0.2) is 42.5 Å². The summed E-state index contributed by atoms with van der Waals surface area (Å²) >= 11 is 7.35. The molecule has 0 bridgehead atoms. The molecule has 3 rings (SSSR count). The number of hydrogen-bond donors (Lipinski definition) is 2. The van der Waals surface area contributed by atoms with Gasteiger partial charge in [0.05, 0.1) is 26.0 Å². The van der Waals surface area contributed by atoms with E-state index < -0.39 is 24.5 Å². The summed E-state index contributed by atoms with van der Waals surface area (Å²) in [6, 6.07) is 11.5. The van der Waals surface area contributed by atoms with Crippen molar-refractivity contribution >= 4 is 51.7 Å². The minimum atomic E-state index is -0.722. The molecule has 1 aromatic carbocycles. The summed E-state index contributed by atoms with van der Waals surface area (Å²) in [7, 11) is 0. The van der Waals surface area contributed by atoms with Crippen LogP contribution in [0, 0.1) is 0 Å². The van der Waals surface area contributed by atoms with Crippen LogP contribution in [0.5, 0.6) is 0 Å². The van der Waals surface area contributed by atoms with Gasteiger partial charge in [0.2, 0.25) is 0 Å². The monoisotopic (exact) mass is 431 g/mol. The molecule has 2 N–H and O–H groups in total. The number of benzene rings is 1. The highest BCUT2D eigenvalue weighted by Crippen LogP contribution is 2.32. The molecule has 150 valence electrons. The number of esters is 1. The van der Waals surface area contributed by atoms with Gasteiger partial charge in [0.15, 0.2) is 6.61 Å². The van der Waals surface area contributed by atoms with E-state index in [2.05, 4.69) is 15.6 Å². The van der Waals surface area contributed by atoms with E-state index in [1.54, 1.807) is 44.2 Å². The second-order valence-electron chi connectivity index (χ2n) is 6.43. The van der Waals surface area contributed by atoms with Crippen molar-refractivity contribution in [1.29, 1.82) is 0 Å². The van der Waals surface area contributed by atoms with Crippen molar-refractivity contribution in [3.05, 3.63) is 52.4 Å². The number of carbonyl (C=O) groups is 3. The maximum Gasteiger partial charge on any atom is 0.339 e. The Bertz CT molecular complexity index is 1080. The molecule has 0 aliphatic carbocycles. The molecular weight excluding hydrogens is 414 g/mol. The van der Waals surface area contributed by atoms with Crippen molar-refractivity contribution in [2.75, 3.05) is 6.61 Å². The first kappa shape index (κ1) is 20.8. The number of thiophene rings is 1.